The molecular formula is C22H20N6O6-2. The Balaban J connectivity index is 1.70. The second kappa shape index (κ2) is 9.74. The van der Waals surface area contributed by atoms with Crippen LogP contribution in [0.3, 0.4) is 0 Å². The Morgan fingerprint density at radius 2 is 1.65 bits per heavy atom. The molecule has 0 aliphatic carbocycles. The number of hydrogen-bond acceptors (Lipinski definition) is 11. The minimum Gasteiger partial charge on any atom is -0.733 e. The quantitative estimate of drug-likeness (QED) is 0.225. The highest BCUT2D eigenvalue weighted by Gasteiger charge is 2.34. The number of benzene rings is 3. The maximum Gasteiger partial charge on any atom is 0.253 e. The molecule has 0 saturated heterocycles. The number of amides is 1. The summed E-state index contributed by atoms with van der Waals surface area (Å²) in [5.41, 5.74) is 4.06. The Bertz CT molecular complexity index is 1200. The highest BCUT2D eigenvalue weighted by atomic mass is 16.8. The van der Waals surface area contributed by atoms with Crippen LogP contribution in [0.1, 0.15) is 11.7 Å². The molecule has 2 atom stereocenters. The molecule has 3 aromatic rings. The Morgan fingerprint density at radius 1 is 0.941 bits per heavy atom. The van der Waals surface area contributed by atoms with Gasteiger partial charge in [0.15, 0.2) is 0 Å². The van der Waals surface area contributed by atoms with Crippen LogP contribution in [-0.4, -0.2) is 33.2 Å². The molecule has 0 bridgehead atoms. The van der Waals surface area contributed by atoms with Gasteiger partial charge in [0.05, 0.1) is 28.4 Å². The van der Waals surface area contributed by atoms with Crippen LogP contribution in [0.2, 0.25) is 0 Å². The van der Waals surface area contributed by atoms with Gasteiger partial charge >= 0.3 is 0 Å². The van der Waals surface area contributed by atoms with Gasteiger partial charge in [-0.1, -0.05) is 30.3 Å². The number of rotatable bonds is 7. The van der Waals surface area contributed by atoms with E-state index < -0.39 is 18.1 Å². The van der Waals surface area contributed by atoms with Crippen LogP contribution in [0.4, 0.5) is 28.4 Å². The van der Waals surface area contributed by atoms with Crippen LogP contribution in [0.25, 0.3) is 0 Å². The van der Waals surface area contributed by atoms with Crippen LogP contribution >= 0.6 is 0 Å². The van der Waals surface area contributed by atoms with Crippen LogP contribution in [0.15, 0.2) is 77.9 Å². The largest absolute Gasteiger partial charge is 0.733 e. The summed E-state index contributed by atoms with van der Waals surface area (Å²) in [7, 11) is 0. The second-order valence-corrected chi connectivity index (χ2v) is 7.35. The highest BCUT2D eigenvalue weighted by Crippen LogP contribution is 2.32. The van der Waals surface area contributed by atoms with Gasteiger partial charge < -0.3 is 36.6 Å². The molecule has 0 spiro atoms. The number of hydrazone groups is 1. The Hall–Kier alpha value is -4.20. The minimum absolute atomic E-state index is 0.0313. The fourth-order valence-electron chi connectivity index (χ4n) is 3.42. The van der Waals surface area contributed by atoms with Gasteiger partial charge in [-0.05, 0) is 48.0 Å². The number of para-hydroxylation sites is 1. The number of aliphatic hydroxyl groups excluding tert-OH is 1. The van der Waals surface area contributed by atoms with E-state index in [0.29, 0.717) is 11.4 Å². The van der Waals surface area contributed by atoms with Crippen molar-refractivity contribution in [3.05, 3.63) is 88.8 Å². The van der Waals surface area contributed by atoms with Gasteiger partial charge in [0.1, 0.15) is 17.9 Å². The number of fused-ring (bicyclic) bond motifs is 1. The summed E-state index contributed by atoms with van der Waals surface area (Å²) in [6.45, 7) is 0. The lowest BCUT2D eigenvalue weighted by Crippen LogP contribution is -2.47. The molecule has 34 heavy (non-hydrogen) atoms. The Morgan fingerprint density at radius 3 is 2.35 bits per heavy atom. The lowest BCUT2D eigenvalue weighted by Gasteiger charge is -2.31. The number of nitrogens with one attached hydrogen (secondary N) is 3. The van der Waals surface area contributed by atoms with E-state index in [1.165, 1.54) is 42.5 Å². The average molecular weight is 464 g/mol. The first kappa shape index (κ1) is 23.0. The molecule has 3 aromatic carbocycles. The van der Waals surface area contributed by atoms with E-state index in [4.69, 9.17) is 5.21 Å². The molecule has 0 saturated carbocycles. The molecule has 2 unspecified atom stereocenters. The van der Waals surface area contributed by atoms with Crippen molar-refractivity contribution < 1.29 is 20.3 Å². The fraction of sp³-hybridized carbons (Fsp3) is 0.0909. The van der Waals surface area contributed by atoms with Gasteiger partial charge in [0.2, 0.25) is 0 Å². The van der Waals surface area contributed by atoms with Gasteiger partial charge in [-0.25, -0.2) is 0 Å². The molecule has 0 fully saturated rings. The molecule has 1 aliphatic rings. The zero-order valence-corrected chi connectivity index (χ0v) is 17.5. The number of aliphatic hydroxyl groups is 1. The molecule has 12 heteroatoms. The summed E-state index contributed by atoms with van der Waals surface area (Å²) >= 11 is 0. The summed E-state index contributed by atoms with van der Waals surface area (Å²) in [6.07, 6.45) is -1.45. The number of anilines is 5. The lowest BCUT2D eigenvalue weighted by molar-refractivity contribution is -0.115. The maximum absolute atomic E-state index is 13.0. The lowest BCUT2D eigenvalue weighted by atomic mass is 9.96. The van der Waals surface area contributed by atoms with Crippen LogP contribution < -0.4 is 26.5 Å². The molecule has 0 radical (unpaired) electrons. The predicted octanol–water partition coefficient (Wildman–Crippen LogP) is 3.01. The van der Waals surface area contributed by atoms with Crippen LogP contribution in [-0.2, 0) is 4.79 Å². The van der Waals surface area contributed by atoms with E-state index >= 15 is 0 Å². The third kappa shape index (κ3) is 4.91. The summed E-state index contributed by atoms with van der Waals surface area (Å²) in [6, 6.07) is 17.4. The first-order valence-electron chi connectivity index (χ1n) is 10.0. The van der Waals surface area contributed by atoms with Gasteiger partial charge in [-0.2, -0.15) is 5.10 Å². The predicted molar refractivity (Wildman–Crippen MR) is 127 cm³/mol. The van der Waals surface area contributed by atoms with E-state index in [1.54, 1.807) is 24.3 Å². The summed E-state index contributed by atoms with van der Waals surface area (Å²) in [5.74, 6) is -0.587. The summed E-state index contributed by atoms with van der Waals surface area (Å²) in [4.78, 5) is 13.0. The topological polar surface area (TPSA) is 179 Å². The third-order valence-electron chi connectivity index (χ3n) is 5.11. The molecule has 1 heterocycles. The van der Waals surface area contributed by atoms with Crippen molar-refractivity contribution in [2.45, 2.75) is 12.1 Å². The Labute approximate surface area is 193 Å². The van der Waals surface area contributed by atoms with Gasteiger partial charge in [-0.3, -0.25) is 20.6 Å². The standard InChI is InChI=1S/C22H20N6O6/c29-21(13-5-4-8-15(11-13)27(31)32)19(26-25-14-6-2-1-3-7-14)20-22(30)24-18-12-16(28(33)34)9-10-17(18)23-20/h1-12,20-21,23,25,29,31,33H,(H,24,30)/q-2/b26-19+. The maximum atomic E-state index is 13.0. The molecule has 176 valence electrons. The van der Waals surface area contributed by atoms with Gasteiger partial charge in [0.25, 0.3) is 5.91 Å². The van der Waals surface area contributed by atoms with Crippen molar-refractivity contribution in [3.63, 3.8) is 0 Å². The zero-order chi connectivity index (χ0) is 24.2. The average Bonchev–Trinajstić information content (AvgIpc) is 2.84. The second-order valence-electron chi connectivity index (χ2n) is 7.35. The summed E-state index contributed by atoms with van der Waals surface area (Å²) < 4.78 is 0. The number of carbonyl (C=O) groups is 1. The van der Waals surface area contributed by atoms with Gasteiger partial charge in [-0.15, -0.1) is 0 Å². The molecular weight excluding hydrogens is 444 g/mol. The molecule has 4 rings (SSSR count). The van der Waals surface area contributed by atoms with E-state index in [-0.39, 0.29) is 38.8 Å². The molecule has 1 amide bonds. The summed E-state index contributed by atoms with van der Waals surface area (Å²) in [5, 5.41) is 61.1. The highest BCUT2D eigenvalue weighted by molar-refractivity contribution is 6.19. The molecule has 6 N–H and O–H groups in total. The monoisotopic (exact) mass is 464 g/mol. The first-order chi connectivity index (χ1) is 16.3. The molecule has 12 nitrogen and oxygen atoms in total. The van der Waals surface area contributed by atoms with Crippen LogP contribution in [0, 0.1) is 10.4 Å². The van der Waals surface area contributed by atoms with Crippen molar-refractivity contribution in [1.29, 1.82) is 0 Å². The normalized spacial score (nSPS) is 16.1. The van der Waals surface area contributed by atoms with E-state index in [1.807, 2.05) is 6.07 Å². The minimum atomic E-state index is -1.45. The van der Waals surface area contributed by atoms with Crippen molar-refractivity contribution in [2.75, 3.05) is 26.5 Å². The van der Waals surface area contributed by atoms with Crippen molar-refractivity contribution in [1.82, 2.24) is 0 Å². The SMILES string of the molecule is O=C1Nc2cc(N([O-])O)ccc2NC1/C(=N\Nc1ccccc1)C(O)c1cccc(N([O-])O)c1. The number of carbonyl (C=O) groups excluding carboxylic acids is 1. The van der Waals surface area contributed by atoms with E-state index in [0.717, 1.165) is 0 Å². The van der Waals surface area contributed by atoms with Crippen molar-refractivity contribution >= 4 is 40.1 Å². The van der Waals surface area contributed by atoms with Crippen LogP contribution in [0.5, 0.6) is 0 Å². The van der Waals surface area contributed by atoms with E-state index in [2.05, 4.69) is 21.2 Å². The first-order valence-corrected chi connectivity index (χ1v) is 10.0. The molecule has 0 aromatic heterocycles. The van der Waals surface area contributed by atoms with E-state index in [9.17, 15) is 25.5 Å². The van der Waals surface area contributed by atoms with Crippen molar-refractivity contribution in [2.24, 2.45) is 5.10 Å². The van der Waals surface area contributed by atoms with Crippen molar-refractivity contribution in [3.8, 4) is 0 Å². The Kier molecular flexibility index (Phi) is 6.58. The number of nitrogens with zero attached hydrogens (tertiary/aromatic N) is 3. The number of hydrogen-bond donors (Lipinski definition) is 6. The van der Waals surface area contributed by atoms with Gasteiger partial charge in [0, 0.05) is 0 Å². The third-order valence-corrected chi connectivity index (χ3v) is 5.11. The smallest absolute Gasteiger partial charge is 0.253 e. The molecule has 1 aliphatic heterocycles. The fourth-order valence-corrected chi connectivity index (χ4v) is 3.42. The zero-order valence-electron chi connectivity index (χ0n) is 17.5.